The normalized spacial score (nSPS) is 18.5. The first-order valence-corrected chi connectivity index (χ1v) is 11.6. The van der Waals surface area contributed by atoms with Crippen molar-refractivity contribution in [2.75, 3.05) is 13.1 Å². The zero-order valence-electron chi connectivity index (χ0n) is 19.2. The third-order valence-corrected chi connectivity index (χ3v) is 7.16. The van der Waals surface area contributed by atoms with Gasteiger partial charge in [-0.25, -0.2) is 13.9 Å². The first-order valence-electron chi connectivity index (χ1n) is 11.3. The molecular formula is C24H27ClFN5O2. The molecule has 0 saturated carbocycles. The second-order valence-corrected chi connectivity index (χ2v) is 9.55. The monoisotopic (exact) mass is 471 g/mol. The lowest BCUT2D eigenvalue weighted by Crippen LogP contribution is -2.31. The minimum atomic E-state index is -0.422. The van der Waals surface area contributed by atoms with Gasteiger partial charge in [0.2, 0.25) is 0 Å². The molecule has 2 aromatic heterocycles. The number of ether oxygens (including phenoxy) is 1. The molecule has 0 unspecified atom stereocenters. The molecule has 1 saturated heterocycles. The molecule has 0 N–H and O–H groups in total. The molecule has 4 heterocycles. The summed E-state index contributed by atoms with van der Waals surface area (Å²) in [6.45, 7) is 10.5. The predicted molar refractivity (Wildman–Crippen MR) is 123 cm³/mol. The fourth-order valence-corrected chi connectivity index (χ4v) is 4.82. The smallest absolute Gasteiger partial charge is 0.258 e. The number of nitrogens with zero attached hydrogens (tertiary/aromatic N) is 5. The van der Waals surface area contributed by atoms with Crippen molar-refractivity contribution >= 4 is 23.2 Å². The number of benzene rings is 1. The van der Waals surface area contributed by atoms with Crippen LogP contribution in [0.5, 0.6) is 5.75 Å². The number of carbonyl (C=O) groups excluding carboxylic acids is 1. The number of halogens is 2. The van der Waals surface area contributed by atoms with Crippen molar-refractivity contribution in [3.63, 3.8) is 0 Å². The van der Waals surface area contributed by atoms with Crippen LogP contribution in [0.4, 0.5) is 4.39 Å². The Morgan fingerprint density at radius 2 is 2.06 bits per heavy atom. The van der Waals surface area contributed by atoms with Gasteiger partial charge in [0.15, 0.2) is 5.65 Å². The van der Waals surface area contributed by atoms with Crippen LogP contribution in [-0.2, 0) is 13.1 Å². The van der Waals surface area contributed by atoms with Crippen molar-refractivity contribution in [1.29, 1.82) is 0 Å². The second kappa shape index (κ2) is 8.25. The van der Waals surface area contributed by atoms with Crippen LogP contribution in [-0.4, -0.2) is 55.5 Å². The van der Waals surface area contributed by atoms with E-state index in [1.54, 1.807) is 9.42 Å². The van der Waals surface area contributed by atoms with Gasteiger partial charge in [-0.05, 0) is 46.2 Å². The van der Waals surface area contributed by atoms with Crippen LogP contribution in [0.1, 0.15) is 53.3 Å². The van der Waals surface area contributed by atoms with E-state index in [0.29, 0.717) is 35.5 Å². The van der Waals surface area contributed by atoms with Gasteiger partial charge in [0.05, 0.1) is 40.8 Å². The molecule has 2 aliphatic heterocycles. The fraction of sp³-hybridized carbons (Fsp3) is 0.458. The van der Waals surface area contributed by atoms with Gasteiger partial charge in [-0.15, -0.1) is 0 Å². The summed E-state index contributed by atoms with van der Waals surface area (Å²) in [4.78, 5) is 22.1. The Bertz CT molecular complexity index is 1260. The number of hydrogen-bond acceptors (Lipinski definition) is 5. The van der Waals surface area contributed by atoms with Gasteiger partial charge >= 0.3 is 0 Å². The molecule has 5 rings (SSSR count). The molecule has 2 aliphatic rings. The van der Waals surface area contributed by atoms with Crippen molar-refractivity contribution in [2.24, 2.45) is 0 Å². The Morgan fingerprint density at radius 3 is 2.79 bits per heavy atom. The molecule has 3 aromatic rings. The molecule has 1 amide bonds. The van der Waals surface area contributed by atoms with Gasteiger partial charge in [-0.2, -0.15) is 5.10 Å². The molecule has 0 spiro atoms. The number of amides is 1. The average Bonchev–Trinajstić information content (AvgIpc) is 3.47. The van der Waals surface area contributed by atoms with Crippen LogP contribution in [0.2, 0.25) is 5.02 Å². The van der Waals surface area contributed by atoms with E-state index in [1.807, 2.05) is 13.8 Å². The minimum Gasteiger partial charge on any atom is -0.488 e. The number of rotatable bonds is 4. The lowest BCUT2D eigenvalue weighted by Gasteiger charge is -2.22. The summed E-state index contributed by atoms with van der Waals surface area (Å²) in [6, 6.07) is 4.55. The zero-order chi connectivity index (χ0) is 23.4. The van der Waals surface area contributed by atoms with Gasteiger partial charge in [-0.3, -0.25) is 9.69 Å². The molecule has 1 fully saturated rings. The Labute approximate surface area is 197 Å². The van der Waals surface area contributed by atoms with Crippen LogP contribution in [0.15, 0.2) is 18.2 Å². The third-order valence-electron chi connectivity index (χ3n) is 6.62. The summed E-state index contributed by atoms with van der Waals surface area (Å²) >= 11 is 6.33. The van der Waals surface area contributed by atoms with Gasteiger partial charge in [0.1, 0.15) is 17.7 Å². The van der Waals surface area contributed by atoms with E-state index < -0.39 is 5.82 Å². The van der Waals surface area contributed by atoms with E-state index in [4.69, 9.17) is 16.3 Å². The number of fused-ring (bicyclic) bond motifs is 3. The summed E-state index contributed by atoms with van der Waals surface area (Å²) in [5.41, 5.74) is 4.36. The molecule has 9 heteroatoms. The van der Waals surface area contributed by atoms with Crippen LogP contribution in [0.25, 0.3) is 5.65 Å². The summed E-state index contributed by atoms with van der Waals surface area (Å²) < 4.78 is 22.0. The van der Waals surface area contributed by atoms with Gasteiger partial charge in [-0.1, -0.05) is 11.6 Å². The highest BCUT2D eigenvalue weighted by Gasteiger charge is 2.33. The Morgan fingerprint density at radius 1 is 1.27 bits per heavy atom. The molecular weight excluding hydrogens is 445 g/mol. The zero-order valence-corrected chi connectivity index (χ0v) is 20.0. The SMILES string of the molecule is Cc1nc2c3c(nn2c(C)c1Cl)CN(C(=O)c1ccc(F)cc1O[C@H]1CCN(C(C)C)C1)C3. The first-order chi connectivity index (χ1) is 15.7. The maximum atomic E-state index is 14.1. The number of carbonyl (C=O) groups is 1. The van der Waals surface area contributed by atoms with Crippen molar-refractivity contribution < 1.29 is 13.9 Å². The first kappa shape index (κ1) is 22.1. The standard InChI is InChI=1S/C24H27ClFN5O2/c1-13(2)29-8-7-17(10-29)33-21-9-16(26)5-6-18(21)24(32)30-11-19-20(12-30)28-31-15(4)22(25)14(3)27-23(19)31/h5-6,9,13,17H,7-8,10-12H2,1-4H3/t17-/m0/s1. The van der Waals surface area contributed by atoms with E-state index in [1.165, 1.54) is 18.2 Å². The Kier molecular flexibility index (Phi) is 5.53. The highest BCUT2D eigenvalue weighted by atomic mass is 35.5. The van der Waals surface area contributed by atoms with Crippen LogP contribution in [0, 0.1) is 19.7 Å². The van der Waals surface area contributed by atoms with Crippen LogP contribution < -0.4 is 4.74 Å². The second-order valence-electron chi connectivity index (χ2n) is 9.18. The summed E-state index contributed by atoms with van der Waals surface area (Å²) in [6.07, 6.45) is 0.780. The molecule has 1 atom stereocenters. The molecule has 7 nitrogen and oxygen atoms in total. The highest BCUT2D eigenvalue weighted by molar-refractivity contribution is 6.31. The molecule has 33 heavy (non-hydrogen) atoms. The number of hydrogen-bond donors (Lipinski definition) is 0. The van der Waals surface area contributed by atoms with Crippen molar-refractivity contribution in [3.8, 4) is 5.75 Å². The highest BCUT2D eigenvalue weighted by Crippen LogP contribution is 2.32. The van der Waals surface area contributed by atoms with E-state index in [2.05, 4.69) is 28.8 Å². The number of likely N-dealkylation sites (tertiary alicyclic amines) is 1. The van der Waals surface area contributed by atoms with Crippen LogP contribution in [0.3, 0.4) is 0 Å². The van der Waals surface area contributed by atoms with Crippen LogP contribution >= 0.6 is 11.6 Å². The van der Waals surface area contributed by atoms with Gasteiger partial charge < -0.3 is 9.64 Å². The largest absolute Gasteiger partial charge is 0.488 e. The minimum absolute atomic E-state index is 0.0689. The maximum absolute atomic E-state index is 14.1. The maximum Gasteiger partial charge on any atom is 0.258 e. The fourth-order valence-electron chi connectivity index (χ4n) is 4.70. The Balaban J connectivity index is 1.39. The van der Waals surface area contributed by atoms with Gasteiger partial charge in [0.25, 0.3) is 5.91 Å². The van der Waals surface area contributed by atoms with Gasteiger partial charge in [0, 0.05) is 30.8 Å². The van der Waals surface area contributed by atoms with Crippen molar-refractivity contribution in [1.82, 2.24) is 24.4 Å². The van der Waals surface area contributed by atoms with E-state index in [0.717, 1.165) is 47.8 Å². The molecule has 174 valence electrons. The number of aromatic nitrogens is 3. The topological polar surface area (TPSA) is 63.0 Å². The summed E-state index contributed by atoms with van der Waals surface area (Å²) in [7, 11) is 0. The van der Waals surface area contributed by atoms with Crippen molar-refractivity contribution in [2.45, 2.75) is 59.4 Å². The van der Waals surface area contributed by atoms with E-state index in [-0.39, 0.29) is 12.0 Å². The molecule has 0 aliphatic carbocycles. The predicted octanol–water partition coefficient (Wildman–Crippen LogP) is 4.16. The van der Waals surface area contributed by atoms with Crippen molar-refractivity contribution in [3.05, 3.63) is 57.2 Å². The lowest BCUT2D eigenvalue weighted by molar-refractivity contribution is 0.0742. The molecule has 1 aromatic carbocycles. The molecule has 0 radical (unpaired) electrons. The summed E-state index contributed by atoms with van der Waals surface area (Å²) in [5.74, 6) is -0.331. The quantitative estimate of drug-likeness (QED) is 0.572. The van der Waals surface area contributed by atoms with E-state index in [9.17, 15) is 9.18 Å². The third kappa shape index (κ3) is 3.85. The van der Waals surface area contributed by atoms with E-state index >= 15 is 0 Å². The molecule has 0 bridgehead atoms. The number of aryl methyl sites for hydroxylation is 2. The lowest BCUT2D eigenvalue weighted by atomic mass is 10.1. The Hall–Kier alpha value is -2.71. The average molecular weight is 472 g/mol. The summed E-state index contributed by atoms with van der Waals surface area (Å²) in [5, 5.41) is 5.24.